The molecule has 1 aromatic rings. The van der Waals surface area contributed by atoms with Crippen LogP contribution in [0.25, 0.3) is 6.08 Å². The molecule has 74 valence electrons. The van der Waals surface area contributed by atoms with E-state index >= 15 is 0 Å². The lowest BCUT2D eigenvalue weighted by atomic mass is 10.1. The third-order valence-electron chi connectivity index (χ3n) is 1.76. The van der Waals surface area contributed by atoms with E-state index in [0.29, 0.717) is 11.3 Å². The quantitative estimate of drug-likeness (QED) is 0.546. The summed E-state index contributed by atoms with van der Waals surface area (Å²) in [5.41, 5.74) is 1.75. The summed E-state index contributed by atoms with van der Waals surface area (Å²) < 4.78 is 5.06. The molecule has 4 nitrogen and oxygen atoms in total. The topological polar surface area (TPSA) is 52.4 Å². The van der Waals surface area contributed by atoms with Crippen LogP contribution in [0.15, 0.2) is 24.4 Å². The third-order valence-corrected chi connectivity index (χ3v) is 1.76. The Bertz CT molecular complexity index is 372. The Morgan fingerprint density at radius 1 is 1.50 bits per heavy atom. The second-order valence-corrected chi connectivity index (χ2v) is 2.85. The fourth-order valence-electron chi connectivity index (χ4n) is 1.13. The molecule has 4 heteroatoms. The number of nitro groups is 1. The molecule has 0 saturated carbocycles. The van der Waals surface area contributed by atoms with Crippen molar-refractivity contribution in [1.29, 1.82) is 0 Å². The van der Waals surface area contributed by atoms with Gasteiger partial charge < -0.3 is 4.74 Å². The van der Waals surface area contributed by atoms with Crippen LogP contribution in [0.4, 0.5) is 0 Å². The number of benzene rings is 1. The Morgan fingerprint density at radius 3 is 2.79 bits per heavy atom. The Hall–Kier alpha value is -1.84. The molecule has 0 saturated heterocycles. The summed E-state index contributed by atoms with van der Waals surface area (Å²) in [6, 6.07) is 5.51. The Balaban J connectivity index is 3.04. The van der Waals surface area contributed by atoms with E-state index in [4.69, 9.17) is 4.74 Å². The van der Waals surface area contributed by atoms with Crippen molar-refractivity contribution in [3.05, 3.63) is 45.6 Å². The van der Waals surface area contributed by atoms with Crippen LogP contribution < -0.4 is 4.74 Å². The maximum absolute atomic E-state index is 10.1. The van der Waals surface area contributed by atoms with Gasteiger partial charge in [-0.25, -0.2) is 0 Å². The summed E-state index contributed by atoms with van der Waals surface area (Å²) in [6.07, 6.45) is 2.32. The highest BCUT2D eigenvalue weighted by Gasteiger charge is 2.00. The van der Waals surface area contributed by atoms with Crippen LogP contribution in [0.5, 0.6) is 5.75 Å². The standard InChI is InChI=1S/C10H11NO3/c1-8-3-4-10(14-2)9(7-8)5-6-11(12)13/h3-7H,1-2H3/b6-5+. The first-order valence-electron chi connectivity index (χ1n) is 4.10. The van der Waals surface area contributed by atoms with Gasteiger partial charge >= 0.3 is 0 Å². The summed E-state index contributed by atoms with van der Waals surface area (Å²) >= 11 is 0. The van der Waals surface area contributed by atoms with Crippen LogP contribution in [0, 0.1) is 17.0 Å². The van der Waals surface area contributed by atoms with E-state index in [0.717, 1.165) is 11.8 Å². The Kier molecular flexibility index (Phi) is 3.23. The van der Waals surface area contributed by atoms with Gasteiger partial charge in [0.25, 0.3) is 0 Å². The number of nitrogens with zero attached hydrogens (tertiary/aromatic N) is 1. The first-order valence-corrected chi connectivity index (χ1v) is 4.10. The van der Waals surface area contributed by atoms with Crippen LogP contribution in [0.1, 0.15) is 11.1 Å². The van der Waals surface area contributed by atoms with Crippen molar-refractivity contribution >= 4 is 6.08 Å². The fraction of sp³-hybridized carbons (Fsp3) is 0.200. The largest absolute Gasteiger partial charge is 0.496 e. The average molecular weight is 193 g/mol. The SMILES string of the molecule is COc1ccc(C)cc1/C=C/[N+](=O)[O-]. The summed E-state index contributed by atoms with van der Waals surface area (Å²) in [4.78, 5) is 9.64. The Morgan fingerprint density at radius 2 is 2.21 bits per heavy atom. The zero-order chi connectivity index (χ0) is 10.6. The smallest absolute Gasteiger partial charge is 0.235 e. The number of methoxy groups -OCH3 is 1. The summed E-state index contributed by atoms with van der Waals surface area (Å²) in [5.74, 6) is 0.633. The molecule has 0 aliphatic carbocycles. The molecule has 1 aromatic carbocycles. The van der Waals surface area contributed by atoms with E-state index in [9.17, 15) is 10.1 Å². The van der Waals surface area contributed by atoms with Crippen LogP contribution in [0.3, 0.4) is 0 Å². The maximum Gasteiger partial charge on any atom is 0.235 e. The van der Waals surface area contributed by atoms with E-state index < -0.39 is 4.92 Å². The molecule has 14 heavy (non-hydrogen) atoms. The molecule has 0 bridgehead atoms. The first kappa shape index (κ1) is 10.2. The minimum atomic E-state index is -0.498. The van der Waals surface area contributed by atoms with Gasteiger partial charge in [0, 0.05) is 11.6 Å². The van der Waals surface area contributed by atoms with Gasteiger partial charge in [-0.2, -0.15) is 0 Å². The number of rotatable bonds is 3. The molecule has 0 spiro atoms. The maximum atomic E-state index is 10.1. The van der Waals surface area contributed by atoms with Gasteiger partial charge in [-0.3, -0.25) is 10.1 Å². The number of ether oxygens (including phenoxy) is 1. The highest BCUT2D eigenvalue weighted by molar-refractivity contribution is 5.57. The summed E-state index contributed by atoms with van der Waals surface area (Å²) in [5, 5.41) is 10.1. The molecule has 0 N–H and O–H groups in total. The fourth-order valence-corrected chi connectivity index (χ4v) is 1.13. The van der Waals surface area contributed by atoms with Gasteiger partial charge in [0.2, 0.25) is 6.20 Å². The second kappa shape index (κ2) is 4.41. The zero-order valence-corrected chi connectivity index (χ0v) is 8.06. The average Bonchev–Trinajstić information content (AvgIpc) is 2.15. The predicted molar refractivity (Wildman–Crippen MR) is 53.8 cm³/mol. The molecular weight excluding hydrogens is 182 g/mol. The molecule has 0 unspecified atom stereocenters. The molecule has 0 amide bonds. The molecule has 1 rings (SSSR count). The van der Waals surface area contributed by atoms with E-state index in [1.165, 1.54) is 13.2 Å². The van der Waals surface area contributed by atoms with Crippen molar-refractivity contribution in [3.63, 3.8) is 0 Å². The second-order valence-electron chi connectivity index (χ2n) is 2.85. The predicted octanol–water partition coefficient (Wildman–Crippen LogP) is 2.25. The van der Waals surface area contributed by atoms with E-state index in [1.807, 2.05) is 19.1 Å². The summed E-state index contributed by atoms with van der Waals surface area (Å²) in [7, 11) is 1.54. The molecule has 0 aliphatic heterocycles. The molecular formula is C10H11NO3. The number of aryl methyl sites for hydroxylation is 1. The highest BCUT2D eigenvalue weighted by Crippen LogP contribution is 2.20. The zero-order valence-electron chi connectivity index (χ0n) is 8.06. The molecule has 0 atom stereocenters. The minimum absolute atomic E-state index is 0.498. The van der Waals surface area contributed by atoms with Crippen molar-refractivity contribution in [2.45, 2.75) is 6.92 Å². The van der Waals surface area contributed by atoms with Crippen LogP contribution >= 0.6 is 0 Å². The minimum Gasteiger partial charge on any atom is -0.496 e. The Labute approximate surface area is 82.0 Å². The molecule has 0 aliphatic rings. The lowest BCUT2D eigenvalue weighted by Gasteiger charge is -2.04. The van der Waals surface area contributed by atoms with Gasteiger partial charge in [-0.15, -0.1) is 0 Å². The monoisotopic (exact) mass is 193 g/mol. The molecule has 0 aromatic heterocycles. The van der Waals surface area contributed by atoms with Crippen molar-refractivity contribution in [2.24, 2.45) is 0 Å². The molecule has 0 heterocycles. The normalized spacial score (nSPS) is 10.4. The molecule has 0 radical (unpaired) electrons. The van der Waals surface area contributed by atoms with E-state index in [-0.39, 0.29) is 0 Å². The van der Waals surface area contributed by atoms with Crippen molar-refractivity contribution in [2.75, 3.05) is 7.11 Å². The third kappa shape index (κ3) is 2.58. The van der Waals surface area contributed by atoms with Crippen molar-refractivity contribution in [3.8, 4) is 5.75 Å². The van der Waals surface area contributed by atoms with Gasteiger partial charge in [0.15, 0.2) is 0 Å². The molecule has 0 fully saturated rings. The van der Waals surface area contributed by atoms with Crippen molar-refractivity contribution in [1.82, 2.24) is 0 Å². The van der Waals surface area contributed by atoms with E-state index in [2.05, 4.69) is 0 Å². The van der Waals surface area contributed by atoms with Gasteiger partial charge in [0.1, 0.15) is 5.75 Å². The van der Waals surface area contributed by atoms with Gasteiger partial charge in [-0.1, -0.05) is 11.6 Å². The van der Waals surface area contributed by atoms with Crippen LogP contribution in [-0.4, -0.2) is 12.0 Å². The lowest BCUT2D eigenvalue weighted by molar-refractivity contribution is -0.400. The number of hydrogen-bond donors (Lipinski definition) is 0. The van der Waals surface area contributed by atoms with Crippen molar-refractivity contribution < 1.29 is 9.66 Å². The van der Waals surface area contributed by atoms with Gasteiger partial charge in [0.05, 0.1) is 12.0 Å². The van der Waals surface area contributed by atoms with Gasteiger partial charge in [-0.05, 0) is 19.1 Å². The first-order chi connectivity index (χ1) is 6.63. The number of hydrogen-bond acceptors (Lipinski definition) is 3. The van der Waals surface area contributed by atoms with Crippen LogP contribution in [-0.2, 0) is 0 Å². The lowest BCUT2D eigenvalue weighted by Crippen LogP contribution is -1.89. The van der Waals surface area contributed by atoms with Crippen LogP contribution in [0.2, 0.25) is 0 Å². The summed E-state index contributed by atoms with van der Waals surface area (Å²) in [6.45, 7) is 1.92. The highest BCUT2D eigenvalue weighted by atomic mass is 16.6. The van der Waals surface area contributed by atoms with E-state index in [1.54, 1.807) is 6.07 Å².